The second kappa shape index (κ2) is 6.64. The number of halogens is 2. The van der Waals surface area contributed by atoms with E-state index in [1.165, 1.54) is 29.9 Å². The van der Waals surface area contributed by atoms with Crippen LogP contribution in [0.3, 0.4) is 0 Å². The summed E-state index contributed by atoms with van der Waals surface area (Å²) in [6, 6.07) is 3.55. The highest BCUT2D eigenvalue weighted by atomic mass is 19.1. The van der Waals surface area contributed by atoms with E-state index < -0.39 is 6.67 Å². The first-order valence-electron chi connectivity index (χ1n) is 9.52. The number of aryl methyl sites for hydroxylation is 2. The zero-order chi connectivity index (χ0) is 18.4. The minimum atomic E-state index is -0.649. The summed E-state index contributed by atoms with van der Waals surface area (Å²) < 4.78 is 28.6. The fraction of sp³-hybridized carbons (Fsp3) is 0.450. The molecule has 1 unspecified atom stereocenters. The van der Waals surface area contributed by atoms with Crippen molar-refractivity contribution in [2.24, 2.45) is 0 Å². The second-order valence-corrected chi connectivity index (χ2v) is 7.33. The largest absolute Gasteiger partial charge is 0.341 e. The van der Waals surface area contributed by atoms with Crippen molar-refractivity contribution in [3.63, 3.8) is 0 Å². The van der Waals surface area contributed by atoms with Gasteiger partial charge in [0.1, 0.15) is 12.5 Å². The van der Waals surface area contributed by atoms with Gasteiger partial charge in [-0.15, -0.1) is 0 Å². The average Bonchev–Trinajstić information content (AvgIpc) is 3.29. The summed E-state index contributed by atoms with van der Waals surface area (Å²) in [4.78, 5) is 15.4. The summed E-state index contributed by atoms with van der Waals surface area (Å²) in [6.07, 6.45) is 7.00. The Morgan fingerprint density at radius 2 is 2.07 bits per heavy atom. The molecular formula is C20H21F2N5. The van der Waals surface area contributed by atoms with Gasteiger partial charge < -0.3 is 4.57 Å². The minimum Gasteiger partial charge on any atom is -0.341 e. The lowest BCUT2D eigenvalue weighted by molar-refractivity contribution is 0.241. The molecule has 5 rings (SSSR count). The number of hydrogen-bond donors (Lipinski definition) is 0. The maximum Gasteiger partial charge on any atom is 0.160 e. The van der Waals surface area contributed by atoms with E-state index in [0.29, 0.717) is 12.5 Å². The molecule has 0 spiro atoms. The van der Waals surface area contributed by atoms with Gasteiger partial charge in [0.15, 0.2) is 5.82 Å². The Kier molecular flexibility index (Phi) is 4.11. The van der Waals surface area contributed by atoms with Crippen molar-refractivity contribution in [1.29, 1.82) is 0 Å². The zero-order valence-electron chi connectivity index (χ0n) is 15.0. The first-order valence-corrected chi connectivity index (χ1v) is 9.52. The molecule has 5 heterocycles. The molecule has 140 valence electrons. The third-order valence-electron chi connectivity index (χ3n) is 5.83. The van der Waals surface area contributed by atoms with Crippen molar-refractivity contribution in [2.75, 3.05) is 13.1 Å². The van der Waals surface area contributed by atoms with Crippen LogP contribution in [-0.4, -0.2) is 37.5 Å². The van der Waals surface area contributed by atoms with Crippen LogP contribution >= 0.6 is 0 Å². The maximum atomic E-state index is 13.2. The average molecular weight is 369 g/mol. The monoisotopic (exact) mass is 369 g/mol. The number of nitrogens with zero attached hydrogens (tertiary/aromatic N) is 5. The highest BCUT2D eigenvalue weighted by Gasteiger charge is 2.36. The number of rotatable bonds is 4. The molecule has 2 aliphatic rings. The lowest BCUT2D eigenvalue weighted by Crippen LogP contribution is -2.31. The van der Waals surface area contributed by atoms with Gasteiger partial charge in [-0.2, -0.15) is 0 Å². The molecule has 2 aliphatic heterocycles. The summed E-state index contributed by atoms with van der Waals surface area (Å²) in [5.41, 5.74) is 5.27. The molecule has 1 atom stereocenters. The van der Waals surface area contributed by atoms with Crippen LogP contribution in [0.4, 0.5) is 8.78 Å². The fourth-order valence-electron chi connectivity index (χ4n) is 4.63. The molecule has 0 bridgehead atoms. The first-order chi connectivity index (χ1) is 13.2. The van der Waals surface area contributed by atoms with Crippen LogP contribution in [0.15, 0.2) is 24.5 Å². The standard InChI is InChI=1S/C20H21F2N5/c21-10-18-24-12-17-20(25-18)19-15-2-1-7-26(15)8-6-16(19)27(17)9-5-14-4-3-13(22)11-23-14/h3-4,11-12,15H,1-2,5-10H2. The Hall–Kier alpha value is -2.41. The molecule has 1 saturated heterocycles. The molecule has 3 aromatic rings. The molecule has 0 saturated carbocycles. The van der Waals surface area contributed by atoms with E-state index in [1.54, 1.807) is 12.3 Å². The van der Waals surface area contributed by atoms with Gasteiger partial charge in [0.05, 0.1) is 23.4 Å². The Labute approximate surface area is 156 Å². The molecule has 0 amide bonds. The molecule has 0 radical (unpaired) electrons. The van der Waals surface area contributed by atoms with Gasteiger partial charge in [0.2, 0.25) is 0 Å². The topological polar surface area (TPSA) is 46.8 Å². The quantitative estimate of drug-likeness (QED) is 0.707. The van der Waals surface area contributed by atoms with Crippen molar-refractivity contribution in [1.82, 2.24) is 24.4 Å². The van der Waals surface area contributed by atoms with Crippen LogP contribution in [0.5, 0.6) is 0 Å². The van der Waals surface area contributed by atoms with Gasteiger partial charge in [-0.25, -0.2) is 18.7 Å². The smallest absolute Gasteiger partial charge is 0.160 e. The predicted molar refractivity (Wildman–Crippen MR) is 97.5 cm³/mol. The molecule has 7 heteroatoms. The molecule has 27 heavy (non-hydrogen) atoms. The second-order valence-electron chi connectivity index (χ2n) is 7.33. The van der Waals surface area contributed by atoms with E-state index in [1.807, 2.05) is 0 Å². The number of hydrogen-bond acceptors (Lipinski definition) is 4. The van der Waals surface area contributed by atoms with Gasteiger partial charge in [0.25, 0.3) is 0 Å². The molecular weight excluding hydrogens is 348 g/mol. The number of aromatic nitrogens is 4. The molecule has 5 nitrogen and oxygen atoms in total. The van der Waals surface area contributed by atoms with Crippen molar-refractivity contribution < 1.29 is 8.78 Å². The fourth-order valence-corrected chi connectivity index (χ4v) is 4.63. The van der Waals surface area contributed by atoms with E-state index in [0.717, 1.165) is 49.2 Å². The highest BCUT2D eigenvalue weighted by Crippen LogP contribution is 2.42. The summed E-state index contributed by atoms with van der Waals surface area (Å²) in [5.74, 6) is -0.0752. The Morgan fingerprint density at radius 1 is 1.15 bits per heavy atom. The van der Waals surface area contributed by atoms with Gasteiger partial charge >= 0.3 is 0 Å². The normalized spacial score (nSPS) is 19.4. The predicted octanol–water partition coefficient (Wildman–Crippen LogP) is 3.37. The SMILES string of the molecule is FCc1ncc2c(n1)c1c(n2CCc2ccc(F)cn2)CCN2CCCC12. The van der Waals surface area contributed by atoms with Crippen LogP contribution in [0.2, 0.25) is 0 Å². The minimum absolute atomic E-state index is 0.248. The van der Waals surface area contributed by atoms with E-state index in [4.69, 9.17) is 0 Å². The molecule has 1 fully saturated rings. The number of fused-ring (bicyclic) bond motifs is 5. The van der Waals surface area contributed by atoms with E-state index in [2.05, 4.69) is 24.4 Å². The molecule has 0 N–H and O–H groups in total. The van der Waals surface area contributed by atoms with E-state index >= 15 is 0 Å². The van der Waals surface area contributed by atoms with Crippen molar-refractivity contribution >= 4 is 11.0 Å². The van der Waals surface area contributed by atoms with Gasteiger partial charge in [-0.05, 0) is 31.5 Å². The van der Waals surface area contributed by atoms with Crippen molar-refractivity contribution in [3.8, 4) is 0 Å². The summed E-state index contributed by atoms with van der Waals surface area (Å²) in [6.45, 7) is 2.25. The molecule has 0 aromatic carbocycles. The maximum absolute atomic E-state index is 13.2. The van der Waals surface area contributed by atoms with Gasteiger partial charge in [-0.3, -0.25) is 9.88 Å². The highest BCUT2D eigenvalue weighted by molar-refractivity contribution is 5.82. The first kappa shape index (κ1) is 16.7. The summed E-state index contributed by atoms with van der Waals surface area (Å²) in [5, 5.41) is 0. The Bertz CT molecular complexity index is 982. The molecule has 0 aliphatic carbocycles. The third kappa shape index (κ3) is 2.81. The lowest BCUT2D eigenvalue weighted by atomic mass is 9.98. The van der Waals surface area contributed by atoms with Crippen LogP contribution in [0.1, 0.15) is 41.7 Å². The number of alkyl halides is 1. The Balaban J connectivity index is 1.58. The lowest BCUT2D eigenvalue weighted by Gasteiger charge is -2.30. The van der Waals surface area contributed by atoms with Crippen LogP contribution < -0.4 is 0 Å². The summed E-state index contributed by atoms with van der Waals surface area (Å²) >= 11 is 0. The van der Waals surface area contributed by atoms with Crippen LogP contribution in [-0.2, 0) is 26.1 Å². The summed E-state index contributed by atoms with van der Waals surface area (Å²) in [7, 11) is 0. The van der Waals surface area contributed by atoms with Crippen LogP contribution in [0, 0.1) is 5.82 Å². The van der Waals surface area contributed by atoms with Gasteiger partial charge in [0, 0.05) is 48.9 Å². The van der Waals surface area contributed by atoms with E-state index in [-0.39, 0.29) is 11.6 Å². The molecule has 3 aromatic heterocycles. The van der Waals surface area contributed by atoms with Crippen molar-refractivity contribution in [3.05, 3.63) is 53.1 Å². The van der Waals surface area contributed by atoms with E-state index in [9.17, 15) is 8.78 Å². The third-order valence-corrected chi connectivity index (χ3v) is 5.83. The Morgan fingerprint density at radius 3 is 2.89 bits per heavy atom. The van der Waals surface area contributed by atoms with Gasteiger partial charge in [-0.1, -0.05) is 0 Å². The van der Waals surface area contributed by atoms with Crippen molar-refractivity contribution in [2.45, 2.75) is 44.9 Å². The zero-order valence-corrected chi connectivity index (χ0v) is 15.0. The number of pyridine rings is 1. The van der Waals surface area contributed by atoms with Crippen LogP contribution in [0.25, 0.3) is 11.0 Å².